The maximum atomic E-state index is 13.5. The Morgan fingerprint density at radius 3 is 1.81 bits per heavy atom. The average Bonchev–Trinajstić information content (AvgIpc) is 3.01. The number of hydrogen-bond donors (Lipinski definition) is 0. The highest BCUT2D eigenvalue weighted by atomic mass is 16.5. The first kappa shape index (κ1) is 31.5. The Hall–Kier alpha value is -4.44. The fourth-order valence-electron chi connectivity index (χ4n) is 5.61. The van der Waals surface area contributed by atoms with Crippen LogP contribution in [0, 0.1) is 5.92 Å². The monoisotopic (exact) mass is 574 g/mol. The van der Waals surface area contributed by atoms with Gasteiger partial charge in [0.25, 0.3) is 0 Å². The van der Waals surface area contributed by atoms with E-state index in [9.17, 15) is 9.59 Å². The summed E-state index contributed by atoms with van der Waals surface area (Å²) >= 11 is 0. The molecular formula is C39H42O4. The topological polar surface area (TPSA) is 52.6 Å². The number of rotatable bonds is 12. The lowest BCUT2D eigenvalue weighted by molar-refractivity contribution is 0.0727. The summed E-state index contributed by atoms with van der Waals surface area (Å²) in [6, 6.07) is 18.2. The molecule has 0 spiro atoms. The van der Waals surface area contributed by atoms with E-state index in [2.05, 4.69) is 39.7 Å². The number of benzene rings is 3. The lowest BCUT2D eigenvalue weighted by Crippen LogP contribution is -2.21. The highest BCUT2D eigenvalue weighted by Crippen LogP contribution is 2.47. The van der Waals surface area contributed by atoms with Crippen LogP contribution in [0.3, 0.4) is 0 Å². The number of hydrogen-bond acceptors (Lipinski definition) is 4. The Morgan fingerprint density at radius 1 is 0.860 bits per heavy atom. The first-order chi connectivity index (χ1) is 20.7. The van der Waals surface area contributed by atoms with Crippen molar-refractivity contribution < 1.29 is 19.1 Å². The van der Waals surface area contributed by atoms with Crippen molar-refractivity contribution in [1.82, 2.24) is 0 Å². The lowest BCUT2D eigenvalue weighted by Gasteiger charge is -2.32. The molecule has 1 aliphatic rings. The smallest absolute Gasteiger partial charge is 0.343 e. The minimum Gasteiger partial charge on any atom is -0.422 e. The van der Waals surface area contributed by atoms with Crippen LogP contribution in [0.1, 0.15) is 102 Å². The standard InChI is InChI=1S/C39H42O4/c1-7-10-11-12-30-24-35(42-38(40)31-18-14-28(8-2)15-19-31)37(34-23-27(6)13-22-33(34)26(4)5)36(25-30)43-39(41)32-20-16-29(9-3)17-21-32/h8-9,14-21,23-25,33-34H,2-4,7,10-13,22H2,1,5-6H3/t33-,34+/m0/s1. The summed E-state index contributed by atoms with van der Waals surface area (Å²) in [6.07, 6.45) is 11.4. The third-order valence-electron chi connectivity index (χ3n) is 8.12. The molecular weight excluding hydrogens is 532 g/mol. The van der Waals surface area contributed by atoms with Gasteiger partial charge in [-0.25, -0.2) is 9.59 Å². The van der Waals surface area contributed by atoms with Gasteiger partial charge in [0.1, 0.15) is 11.5 Å². The van der Waals surface area contributed by atoms with Crippen LogP contribution in [0.25, 0.3) is 12.2 Å². The van der Waals surface area contributed by atoms with Crippen LogP contribution in [0.5, 0.6) is 11.5 Å². The molecule has 0 aromatic heterocycles. The van der Waals surface area contributed by atoms with E-state index in [1.54, 1.807) is 36.4 Å². The summed E-state index contributed by atoms with van der Waals surface area (Å²) in [5, 5.41) is 0. The van der Waals surface area contributed by atoms with Gasteiger partial charge >= 0.3 is 11.9 Å². The van der Waals surface area contributed by atoms with Crippen LogP contribution in [0.15, 0.2) is 97.6 Å². The fourth-order valence-corrected chi connectivity index (χ4v) is 5.61. The molecule has 43 heavy (non-hydrogen) atoms. The van der Waals surface area contributed by atoms with Crippen molar-refractivity contribution in [2.75, 3.05) is 0 Å². The van der Waals surface area contributed by atoms with Crippen LogP contribution in [-0.4, -0.2) is 11.9 Å². The number of allylic oxidation sites excluding steroid dienone is 3. The van der Waals surface area contributed by atoms with E-state index in [0.29, 0.717) is 28.2 Å². The van der Waals surface area contributed by atoms with Gasteiger partial charge in [-0.3, -0.25) is 0 Å². The summed E-state index contributed by atoms with van der Waals surface area (Å²) in [7, 11) is 0. The van der Waals surface area contributed by atoms with Gasteiger partial charge in [-0.2, -0.15) is 0 Å². The minimum atomic E-state index is -0.469. The first-order valence-corrected chi connectivity index (χ1v) is 15.1. The summed E-state index contributed by atoms with van der Waals surface area (Å²) in [5.41, 5.74) is 6.62. The minimum absolute atomic E-state index is 0.100. The average molecular weight is 575 g/mol. The third-order valence-corrected chi connectivity index (χ3v) is 8.12. The fraction of sp³-hybridized carbons (Fsp3) is 0.282. The predicted octanol–water partition coefficient (Wildman–Crippen LogP) is 10.2. The van der Waals surface area contributed by atoms with Crippen LogP contribution in [0.4, 0.5) is 0 Å². The van der Waals surface area contributed by atoms with Crippen molar-refractivity contribution >= 4 is 24.1 Å². The van der Waals surface area contributed by atoms with E-state index in [1.165, 1.54) is 5.57 Å². The number of aryl methyl sites for hydroxylation is 1. The molecule has 0 amide bonds. The second-order valence-electron chi connectivity index (χ2n) is 11.4. The molecule has 0 aliphatic heterocycles. The summed E-state index contributed by atoms with van der Waals surface area (Å²) in [4.78, 5) is 27.0. The molecule has 0 radical (unpaired) electrons. The largest absolute Gasteiger partial charge is 0.422 e. The summed E-state index contributed by atoms with van der Waals surface area (Å²) in [5.74, 6) is -0.180. The van der Waals surface area contributed by atoms with E-state index in [0.717, 1.165) is 60.8 Å². The van der Waals surface area contributed by atoms with E-state index in [1.807, 2.05) is 43.3 Å². The van der Waals surface area contributed by atoms with E-state index < -0.39 is 11.9 Å². The maximum absolute atomic E-state index is 13.5. The van der Waals surface area contributed by atoms with Crippen LogP contribution < -0.4 is 9.47 Å². The molecule has 2 atom stereocenters. The zero-order chi connectivity index (χ0) is 30.9. The number of carbonyl (C=O) groups is 2. The number of esters is 2. The zero-order valence-electron chi connectivity index (χ0n) is 25.7. The van der Waals surface area contributed by atoms with Crippen molar-refractivity contribution in [3.63, 3.8) is 0 Å². The summed E-state index contributed by atoms with van der Waals surface area (Å²) < 4.78 is 12.4. The van der Waals surface area contributed by atoms with E-state index in [4.69, 9.17) is 9.47 Å². The van der Waals surface area contributed by atoms with Gasteiger partial charge in [0.15, 0.2) is 0 Å². The van der Waals surface area contributed by atoms with E-state index in [-0.39, 0.29) is 11.8 Å². The van der Waals surface area contributed by atoms with E-state index >= 15 is 0 Å². The number of unbranched alkanes of at least 4 members (excludes halogenated alkanes) is 2. The molecule has 0 saturated carbocycles. The van der Waals surface area contributed by atoms with Gasteiger partial charge in [-0.1, -0.05) is 93.1 Å². The predicted molar refractivity (Wildman–Crippen MR) is 177 cm³/mol. The maximum Gasteiger partial charge on any atom is 0.343 e. The zero-order valence-corrected chi connectivity index (χ0v) is 25.7. The molecule has 0 fully saturated rings. The normalized spacial score (nSPS) is 16.1. The molecule has 0 heterocycles. The van der Waals surface area contributed by atoms with Gasteiger partial charge in [0, 0.05) is 11.5 Å². The number of ether oxygens (including phenoxy) is 2. The quantitative estimate of drug-likeness (QED) is 0.0935. The highest BCUT2D eigenvalue weighted by molar-refractivity contribution is 5.93. The van der Waals surface area contributed by atoms with Crippen LogP contribution in [0.2, 0.25) is 0 Å². The third kappa shape index (κ3) is 7.90. The van der Waals surface area contributed by atoms with Crippen LogP contribution in [-0.2, 0) is 6.42 Å². The van der Waals surface area contributed by atoms with Crippen molar-refractivity contribution in [3.05, 3.63) is 131 Å². The highest BCUT2D eigenvalue weighted by Gasteiger charge is 2.33. The van der Waals surface area contributed by atoms with Gasteiger partial charge in [0.2, 0.25) is 0 Å². The second-order valence-corrected chi connectivity index (χ2v) is 11.4. The van der Waals surface area contributed by atoms with Gasteiger partial charge in [0.05, 0.1) is 11.1 Å². The molecule has 222 valence electrons. The van der Waals surface area contributed by atoms with Crippen molar-refractivity contribution in [3.8, 4) is 11.5 Å². The van der Waals surface area contributed by atoms with Gasteiger partial charge < -0.3 is 9.47 Å². The molecule has 0 N–H and O–H groups in total. The first-order valence-electron chi connectivity index (χ1n) is 15.1. The Labute approximate surface area is 256 Å². The number of carbonyl (C=O) groups excluding carboxylic acids is 2. The lowest BCUT2D eigenvalue weighted by atomic mass is 9.73. The summed E-state index contributed by atoms with van der Waals surface area (Å²) in [6.45, 7) is 18.2. The molecule has 3 aromatic rings. The van der Waals surface area contributed by atoms with Gasteiger partial charge in [-0.15, -0.1) is 0 Å². The molecule has 0 unspecified atom stereocenters. The Morgan fingerprint density at radius 2 is 1.37 bits per heavy atom. The van der Waals surface area contributed by atoms with Crippen LogP contribution >= 0.6 is 0 Å². The SMILES string of the molecule is C=Cc1ccc(C(=O)Oc2cc(CCCCC)cc(OC(=O)c3ccc(C=C)cc3)c2[C@@H]2C=C(C)CC[C@H]2C(=C)C)cc1. The Kier molecular flexibility index (Phi) is 10.7. The Bertz CT molecular complexity index is 1440. The molecule has 3 aromatic carbocycles. The van der Waals surface area contributed by atoms with Crippen molar-refractivity contribution in [2.24, 2.45) is 5.92 Å². The second kappa shape index (κ2) is 14.6. The molecule has 4 nitrogen and oxygen atoms in total. The Balaban J connectivity index is 1.85. The molecule has 0 bridgehead atoms. The van der Waals surface area contributed by atoms with Gasteiger partial charge in [-0.05, 0) is 98.5 Å². The van der Waals surface area contributed by atoms with Crippen molar-refractivity contribution in [1.29, 1.82) is 0 Å². The van der Waals surface area contributed by atoms with Crippen molar-refractivity contribution in [2.45, 2.75) is 65.2 Å². The molecule has 0 saturated heterocycles. The molecule has 1 aliphatic carbocycles. The molecule has 4 heteroatoms. The molecule has 4 rings (SSSR count).